The van der Waals surface area contributed by atoms with Gasteiger partial charge in [0.1, 0.15) is 5.82 Å². The first-order valence-corrected chi connectivity index (χ1v) is 9.85. The number of rotatable bonds is 2. The lowest BCUT2D eigenvalue weighted by atomic mass is 9.82. The maximum Gasteiger partial charge on any atom is 0.266 e. The van der Waals surface area contributed by atoms with Gasteiger partial charge in [0.2, 0.25) is 5.89 Å². The summed E-state index contributed by atoms with van der Waals surface area (Å²) in [6, 6.07) is 2.23. The van der Waals surface area contributed by atoms with Gasteiger partial charge in [-0.3, -0.25) is 0 Å². The topological polar surface area (TPSA) is 103 Å². The molecule has 0 aromatic carbocycles. The fourth-order valence-corrected chi connectivity index (χ4v) is 5.10. The normalized spacial score (nSPS) is 18.6. The molecule has 9 heteroatoms. The fraction of sp³-hybridized carbons (Fsp3) is 0.444. The number of nitrogens with zero attached hydrogens (tertiary/aromatic N) is 5. The molecular formula is C18H20N6O2S. The van der Waals surface area contributed by atoms with Crippen molar-refractivity contribution in [3.63, 3.8) is 0 Å². The third-order valence-corrected chi connectivity index (χ3v) is 6.52. The second kappa shape index (κ2) is 6.28. The molecular weight excluding hydrogens is 364 g/mol. The summed E-state index contributed by atoms with van der Waals surface area (Å²) in [6.45, 7) is 4.24. The van der Waals surface area contributed by atoms with Crippen LogP contribution in [0, 0.1) is 6.92 Å². The molecule has 2 aliphatic heterocycles. The number of nitrogen functional groups attached to an aromatic ring is 1. The molecule has 27 heavy (non-hydrogen) atoms. The molecule has 0 unspecified atom stereocenters. The minimum absolute atomic E-state index is 0.237. The van der Waals surface area contributed by atoms with E-state index in [1.807, 2.05) is 6.92 Å². The van der Waals surface area contributed by atoms with Crippen LogP contribution in [0.2, 0.25) is 0 Å². The van der Waals surface area contributed by atoms with Crippen LogP contribution in [0.1, 0.15) is 29.2 Å². The highest BCUT2D eigenvalue weighted by Crippen LogP contribution is 2.46. The third-order valence-electron chi connectivity index (χ3n) is 5.30. The van der Waals surface area contributed by atoms with E-state index in [0.717, 1.165) is 49.5 Å². The summed E-state index contributed by atoms with van der Waals surface area (Å²) in [7, 11) is 0. The molecule has 8 nitrogen and oxygen atoms in total. The molecule has 5 heterocycles. The molecule has 3 aromatic rings. The number of aromatic nitrogens is 4. The minimum atomic E-state index is -0.237. The number of piperidine rings is 1. The van der Waals surface area contributed by atoms with Gasteiger partial charge in [0.25, 0.3) is 5.95 Å². The smallest absolute Gasteiger partial charge is 0.266 e. The van der Waals surface area contributed by atoms with Gasteiger partial charge >= 0.3 is 0 Å². The van der Waals surface area contributed by atoms with Gasteiger partial charge in [-0.25, -0.2) is 9.97 Å². The Morgan fingerprint density at radius 3 is 2.78 bits per heavy atom. The maximum atomic E-state index is 6.35. The van der Waals surface area contributed by atoms with E-state index >= 15 is 0 Å². The van der Waals surface area contributed by atoms with Crippen LogP contribution in [0.25, 0.3) is 10.6 Å². The van der Waals surface area contributed by atoms with Crippen LogP contribution in [0.3, 0.4) is 0 Å². The highest BCUT2D eigenvalue weighted by Gasteiger charge is 2.42. The van der Waals surface area contributed by atoms with Crippen LogP contribution in [0.4, 0.5) is 11.8 Å². The Morgan fingerprint density at radius 1 is 1.22 bits per heavy atom. The Balaban J connectivity index is 1.42. The van der Waals surface area contributed by atoms with Crippen molar-refractivity contribution in [2.75, 3.05) is 30.3 Å². The molecule has 0 aliphatic carbocycles. The molecule has 0 atom stereocenters. The molecule has 1 fully saturated rings. The number of ether oxygens (including phenoxy) is 1. The van der Waals surface area contributed by atoms with Crippen molar-refractivity contribution in [1.82, 2.24) is 20.1 Å². The quantitative estimate of drug-likeness (QED) is 0.719. The van der Waals surface area contributed by atoms with Crippen molar-refractivity contribution >= 4 is 23.1 Å². The average molecular weight is 384 g/mol. The van der Waals surface area contributed by atoms with Crippen molar-refractivity contribution in [2.45, 2.75) is 31.8 Å². The average Bonchev–Trinajstić information content (AvgIpc) is 3.31. The lowest BCUT2D eigenvalue weighted by molar-refractivity contribution is -0.0758. The number of fused-ring (bicyclic) bond motifs is 2. The van der Waals surface area contributed by atoms with Crippen molar-refractivity contribution in [2.24, 2.45) is 0 Å². The summed E-state index contributed by atoms with van der Waals surface area (Å²) in [5.41, 5.74) is 7.59. The van der Waals surface area contributed by atoms with E-state index in [-0.39, 0.29) is 5.60 Å². The van der Waals surface area contributed by atoms with Gasteiger partial charge in [-0.1, -0.05) is 0 Å². The molecule has 1 saturated heterocycles. The zero-order chi connectivity index (χ0) is 18.4. The van der Waals surface area contributed by atoms with Crippen LogP contribution in [0.15, 0.2) is 23.0 Å². The van der Waals surface area contributed by atoms with E-state index in [1.54, 1.807) is 23.7 Å². The van der Waals surface area contributed by atoms with Crippen molar-refractivity contribution in [1.29, 1.82) is 0 Å². The zero-order valence-corrected chi connectivity index (χ0v) is 15.8. The summed E-state index contributed by atoms with van der Waals surface area (Å²) in [6.07, 6.45) is 6.08. The lowest BCUT2D eigenvalue weighted by Gasteiger charge is -2.43. The highest BCUT2D eigenvalue weighted by molar-refractivity contribution is 7.15. The van der Waals surface area contributed by atoms with Gasteiger partial charge < -0.3 is 19.9 Å². The Hall–Kier alpha value is -2.52. The molecule has 0 saturated carbocycles. The summed E-state index contributed by atoms with van der Waals surface area (Å²) in [5, 5.41) is 4.04. The molecule has 2 aliphatic rings. The molecule has 0 bridgehead atoms. The SMILES string of the molecule is Cc1nc(N2CCC3(CC2)OCCc2sc(-c4cnc(N)cn4)cc23)no1. The molecule has 2 N–H and O–H groups in total. The molecule has 140 valence electrons. The number of thiophene rings is 1. The molecule has 0 radical (unpaired) electrons. The van der Waals surface area contributed by atoms with Crippen LogP contribution in [-0.4, -0.2) is 39.8 Å². The van der Waals surface area contributed by atoms with Gasteiger partial charge in [0.05, 0.1) is 35.2 Å². The van der Waals surface area contributed by atoms with Crippen molar-refractivity contribution in [3.8, 4) is 10.6 Å². The first-order valence-electron chi connectivity index (χ1n) is 9.03. The Kier molecular flexibility index (Phi) is 3.87. The van der Waals surface area contributed by atoms with E-state index in [9.17, 15) is 0 Å². The molecule has 5 rings (SSSR count). The summed E-state index contributed by atoms with van der Waals surface area (Å²) in [4.78, 5) is 17.6. The van der Waals surface area contributed by atoms with Gasteiger partial charge in [-0.05, 0) is 29.6 Å². The van der Waals surface area contributed by atoms with E-state index in [4.69, 9.17) is 15.0 Å². The van der Waals surface area contributed by atoms with Gasteiger partial charge in [-0.15, -0.1) is 11.3 Å². The number of anilines is 2. The van der Waals surface area contributed by atoms with E-state index in [0.29, 0.717) is 17.7 Å². The monoisotopic (exact) mass is 384 g/mol. The van der Waals surface area contributed by atoms with Crippen molar-refractivity contribution < 1.29 is 9.26 Å². The van der Waals surface area contributed by atoms with Gasteiger partial charge in [-0.2, -0.15) is 4.98 Å². The van der Waals surface area contributed by atoms with Crippen LogP contribution in [-0.2, 0) is 16.8 Å². The minimum Gasteiger partial charge on any atom is -0.382 e. The second-order valence-electron chi connectivity index (χ2n) is 6.97. The van der Waals surface area contributed by atoms with Crippen LogP contribution >= 0.6 is 11.3 Å². The highest BCUT2D eigenvalue weighted by atomic mass is 32.1. The number of aryl methyl sites for hydroxylation is 1. The molecule has 0 amide bonds. The third kappa shape index (κ3) is 2.87. The van der Waals surface area contributed by atoms with Crippen molar-refractivity contribution in [3.05, 3.63) is 34.8 Å². The predicted molar refractivity (Wildman–Crippen MR) is 102 cm³/mol. The first kappa shape index (κ1) is 16.6. The van der Waals surface area contributed by atoms with E-state index in [1.165, 1.54) is 10.4 Å². The Bertz CT molecular complexity index is 959. The Morgan fingerprint density at radius 2 is 2.07 bits per heavy atom. The number of nitrogens with two attached hydrogens (primary N) is 1. The van der Waals surface area contributed by atoms with E-state index < -0.39 is 0 Å². The fourth-order valence-electron chi connectivity index (χ4n) is 3.91. The zero-order valence-electron chi connectivity index (χ0n) is 15.0. The van der Waals surface area contributed by atoms with Gasteiger partial charge in [0, 0.05) is 31.3 Å². The number of hydrogen-bond donors (Lipinski definition) is 1. The molecule has 3 aromatic heterocycles. The second-order valence-corrected chi connectivity index (χ2v) is 8.10. The van der Waals surface area contributed by atoms with Crippen LogP contribution < -0.4 is 10.6 Å². The largest absolute Gasteiger partial charge is 0.382 e. The standard InChI is InChI=1S/C18H20N6O2S/c1-11-22-17(23-26-11)24-5-3-18(4-6-24)12-8-15(27-14(12)2-7-25-18)13-9-21-16(19)10-20-13/h8-10H,2-7H2,1H3,(H2,19,21). The number of hydrogen-bond acceptors (Lipinski definition) is 9. The molecule has 1 spiro atoms. The van der Waals surface area contributed by atoms with Gasteiger partial charge in [0.15, 0.2) is 0 Å². The first-order chi connectivity index (χ1) is 13.1. The summed E-state index contributed by atoms with van der Waals surface area (Å²) < 4.78 is 11.5. The summed E-state index contributed by atoms with van der Waals surface area (Å²) in [5.74, 6) is 1.69. The lowest BCUT2D eigenvalue weighted by Crippen LogP contribution is -2.46. The maximum absolute atomic E-state index is 6.35. The summed E-state index contributed by atoms with van der Waals surface area (Å²) >= 11 is 1.79. The predicted octanol–water partition coefficient (Wildman–Crippen LogP) is 2.55. The van der Waals surface area contributed by atoms with E-state index in [2.05, 4.69) is 31.1 Å². The Labute approximate surface area is 160 Å². The van der Waals surface area contributed by atoms with Crippen LogP contribution in [0.5, 0.6) is 0 Å².